The summed E-state index contributed by atoms with van der Waals surface area (Å²) in [5.41, 5.74) is 10.7. The van der Waals surface area contributed by atoms with Gasteiger partial charge in [-0.25, -0.2) is 5.84 Å². The second kappa shape index (κ2) is 6.45. The molecule has 4 nitrogen and oxygen atoms in total. The van der Waals surface area contributed by atoms with Gasteiger partial charge in [-0.05, 0) is 30.2 Å². The van der Waals surface area contributed by atoms with E-state index in [1.165, 1.54) is 11.8 Å². The second-order valence-electron chi connectivity index (χ2n) is 4.39. The van der Waals surface area contributed by atoms with Gasteiger partial charge >= 0.3 is 0 Å². The molecule has 0 aliphatic heterocycles. The number of nitrogens with two attached hydrogens (primary N) is 2. The molecule has 0 fully saturated rings. The molecule has 20 heavy (non-hydrogen) atoms. The SMILES string of the molecule is Cc1c(N)cccc1SC(C(=O)NN)c1ccccc1. The molecule has 2 rings (SSSR count). The van der Waals surface area contributed by atoms with Crippen molar-refractivity contribution in [1.82, 2.24) is 5.43 Å². The number of hydrogen-bond acceptors (Lipinski definition) is 4. The van der Waals surface area contributed by atoms with Gasteiger partial charge in [-0.1, -0.05) is 36.4 Å². The van der Waals surface area contributed by atoms with E-state index in [1.54, 1.807) is 0 Å². The maximum Gasteiger partial charge on any atom is 0.251 e. The highest BCUT2D eigenvalue weighted by atomic mass is 32.2. The van der Waals surface area contributed by atoms with Crippen molar-refractivity contribution >= 4 is 23.4 Å². The predicted octanol–water partition coefficient (Wildman–Crippen LogP) is 2.40. The van der Waals surface area contributed by atoms with Crippen molar-refractivity contribution in [2.45, 2.75) is 17.1 Å². The van der Waals surface area contributed by atoms with Crippen molar-refractivity contribution in [3.63, 3.8) is 0 Å². The summed E-state index contributed by atoms with van der Waals surface area (Å²) in [6, 6.07) is 15.2. The van der Waals surface area contributed by atoms with Crippen LogP contribution in [0.4, 0.5) is 5.69 Å². The summed E-state index contributed by atoms with van der Waals surface area (Å²) in [5.74, 6) is 5.06. The molecule has 2 aromatic carbocycles. The number of nitrogen functional groups attached to an aromatic ring is 1. The smallest absolute Gasteiger partial charge is 0.251 e. The Bertz CT molecular complexity index is 601. The van der Waals surface area contributed by atoms with Crippen LogP contribution in [-0.4, -0.2) is 5.91 Å². The van der Waals surface area contributed by atoms with Crippen molar-refractivity contribution in [1.29, 1.82) is 0 Å². The van der Waals surface area contributed by atoms with Crippen LogP contribution in [0.25, 0.3) is 0 Å². The molecule has 1 amide bonds. The van der Waals surface area contributed by atoms with E-state index >= 15 is 0 Å². The fourth-order valence-electron chi connectivity index (χ4n) is 1.86. The van der Waals surface area contributed by atoms with Gasteiger partial charge in [-0.3, -0.25) is 10.2 Å². The summed E-state index contributed by atoms with van der Waals surface area (Å²) in [4.78, 5) is 13.0. The molecule has 0 spiro atoms. The molecule has 5 N–H and O–H groups in total. The molecule has 1 unspecified atom stereocenters. The molecule has 0 aliphatic carbocycles. The standard InChI is InChI=1S/C15H17N3OS/c1-10-12(16)8-5-9-13(10)20-14(15(19)18-17)11-6-3-2-4-7-11/h2-9,14H,16-17H2,1H3,(H,18,19). The van der Waals surface area contributed by atoms with Gasteiger partial charge in [0.1, 0.15) is 5.25 Å². The van der Waals surface area contributed by atoms with Crippen molar-refractivity contribution in [2.24, 2.45) is 5.84 Å². The molecule has 0 saturated heterocycles. The Morgan fingerprint density at radius 3 is 2.50 bits per heavy atom. The van der Waals surface area contributed by atoms with Crippen LogP contribution in [0, 0.1) is 6.92 Å². The Morgan fingerprint density at radius 2 is 1.85 bits per heavy atom. The maximum atomic E-state index is 12.0. The fourth-order valence-corrected chi connectivity index (χ4v) is 3.04. The highest BCUT2D eigenvalue weighted by molar-refractivity contribution is 8.00. The van der Waals surface area contributed by atoms with Crippen LogP contribution in [0.1, 0.15) is 16.4 Å². The zero-order chi connectivity index (χ0) is 14.5. The Hall–Kier alpha value is -1.98. The van der Waals surface area contributed by atoms with Crippen molar-refractivity contribution in [2.75, 3.05) is 5.73 Å². The third kappa shape index (κ3) is 3.12. The number of thioether (sulfide) groups is 1. The van der Waals surface area contributed by atoms with Crippen LogP contribution in [0.15, 0.2) is 53.4 Å². The van der Waals surface area contributed by atoms with Crippen molar-refractivity contribution < 1.29 is 4.79 Å². The number of benzene rings is 2. The molecular weight excluding hydrogens is 270 g/mol. The van der Waals surface area contributed by atoms with Crippen molar-refractivity contribution in [3.8, 4) is 0 Å². The van der Waals surface area contributed by atoms with E-state index in [4.69, 9.17) is 11.6 Å². The van der Waals surface area contributed by atoms with Crippen LogP contribution >= 0.6 is 11.8 Å². The number of amides is 1. The lowest BCUT2D eigenvalue weighted by atomic mass is 10.1. The summed E-state index contributed by atoms with van der Waals surface area (Å²) < 4.78 is 0. The first kappa shape index (κ1) is 14.4. The average Bonchev–Trinajstić information content (AvgIpc) is 2.49. The average molecular weight is 287 g/mol. The van der Waals surface area contributed by atoms with Gasteiger partial charge < -0.3 is 5.73 Å². The molecule has 0 radical (unpaired) electrons. The number of hydrazine groups is 1. The van der Waals surface area contributed by atoms with E-state index in [1.807, 2.05) is 55.5 Å². The topological polar surface area (TPSA) is 81.1 Å². The summed E-state index contributed by atoms with van der Waals surface area (Å²) in [6.45, 7) is 1.94. The zero-order valence-corrected chi connectivity index (χ0v) is 12.0. The molecule has 0 heterocycles. The number of anilines is 1. The van der Waals surface area contributed by atoms with E-state index in [-0.39, 0.29) is 5.91 Å². The first-order valence-corrected chi connectivity index (χ1v) is 7.08. The van der Waals surface area contributed by atoms with Crippen LogP contribution in [0.3, 0.4) is 0 Å². The number of carbonyl (C=O) groups is 1. The first-order chi connectivity index (χ1) is 9.63. The van der Waals surface area contributed by atoms with E-state index in [2.05, 4.69) is 5.43 Å². The van der Waals surface area contributed by atoms with Crippen LogP contribution in [-0.2, 0) is 4.79 Å². The van der Waals surface area contributed by atoms with Gasteiger partial charge in [-0.15, -0.1) is 11.8 Å². The Balaban J connectivity index is 2.34. The van der Waals surface area contributed by atoms with Crippen LogP contribution < -0.4 is 17.0 Å². The van der Waals surface area contributed by atoms with E-state index in [0.29, 0.717) is 0 Å². The van der Waals surface area contributed by atoms with Crippen LogP contribution in [0.2, 0.25) is 0 Å². The summed E-state index contributed by atoms with van der Waals surface area (Å²) in [6.07, 6.45) is 0. The molecule has 0 saturated carbocycles. The molecule has 0 bridgehead atoms. The molecule has 104 valence electrons. The Labute approximate surface area is 122 Å². The van der Waals surface area contributed by atoms with Gasteiger partial charge in [0.2, 0.25) is 0 Å². The minimum absolute atomic E-state index is 0.233. The van der Waals surface area contributed by atoms with Gasteiger partial charge in [-0.2, -0.15) is 0 Å². The third-order valence-electron chi connectivity index (χ3n) is 3.05. The zero-order valence-electron chi connectivity index (χ0n) is 11.2. The third-order valence-corrected chi connectivity index (χ3v) is 4.47. The summed E-state index contributed by atoms with van der Waals surface area (Å²) in [7, 11) is 0. The van der Waals surface area contributed by atoms with Crippen molar-refractivity contribution in [3.05, 3.63) is 59.7 Å². The number of hydrogen-bond donors (Lipinski definition) is 3. The van der Waals surface area contributed by atoms with Gasteiger partial charge in [0.05, 0.1) is 0 Å². The predicted molar refractivity (Wildman–Crippen MR) is 83.0 cm³/mol. The highest BCUT2D eigenvalue weighted by Gasteiger charge is 2.22. The molecule has 0 aromatic heterocycles. The molecule has 1 atom stereocenters. The van der Waals surface area contributed by atoms with E-state index in [0.717, 1.165) is 21.7 Å². The van der Waals surface area contributed by atoms with E-state index in [9.17, 15) is 4.79 Å². The van der Waals surface area contributed by atoms with Gasteiger partial charge in [0.25, 0.3) is 5.91 Å². The molecule has 2 aromatic rings. The number of nitrogens with one attached hydrogen (secondary N) is 1. The molecule has 0 aliphatic rings. The minimum Gasteiger partial charge on any atom is -0.398 e. The molecular formula is C15H17N3OS. The quantitative estimate of drug-likeness (QED) is 0.265. The van der Waals surface area contributed by atoms with Crippen LogP contribution in [0.5, 0.6) is 0 Å². The second-order valence-corrected chi connectivity index (χ2v) is 5.53. The molecule has 5 heteroatoms. The fraction of sp³-hybridized carbons (Fsp3) is 0.133. The number of rotatable bonds is 4. The normalized spacial score (nSPS) is 11.9. The number of carbonyl (C=O) groups excluding carboxylic acids is 1. The Morgan fingerprint density at radius 1 is 1.15 bits per heavy atom. The lowest BCUT2D eigenvalue weighted by Crippen LogP contribution is -2.33. The maximum absolute atomic E-state index is 12.0. The Kier molecular flexibility index (Phi) is 4.65. The summed E-state index contributed by atoms with van der Waals surface area (Å²) in [5, 5.41) is -0.401. The van der Waals surface area contributed by atoms with Gasteiger partial charge in [0, 0.05) is 10.6 Å². The highest BCUT2D eigenvalue weighted by Crippen LogP contribution is 2.38. The summed E-state index contributed by atoms with van der Waals surface area (Å²) >= 11 is 1.44. The first-order valence-electron chi connectivity index (χ1n) is 6.20. The lowest BCUT2D eigenvalue weighted by Gasteiger charge is -2.17. The lowest BCUT2D eigenvalue weighted by molar-refractivity contribution is -0.120. The van der Waals surface area contributed by atoms with E-state index < -0.39 is 5.25 Å². The minimum atomic E-state index is -0.401. The monoisotopic (exact) mass is 287 g/mol. The largest absolute Gasteiger partial charge is 0.398 e. The van der Waals surface area contributed by atoms with Gasteiger partial charge in [0.15, 0.2) is 0 Å².